The molecular weight excluding hydrogens is 289 g/mol. The largest absolute Gasteiger partial charge is 0.386 e. The number of amides is 2. The first-order chi connectivity index (χ1) is 10.7. The second-order valence-corrected chi connectivity index (χ2v) is 4.69. The normalized spacial score (nSPS) is 11.9. The number of aliphatic hydroxyl groups is 1. The number of urea groups is 1. The highest BCUT2D eigenvalue weighted by Gasteiger charge is 2.12. The molecule has 0 aliphatic carbocycles. The Morgan fingerprint density at radius 3 is 2.91 bits per heavy atom. The van der Waals surface area contributed by atoms with Gasteiger partial charge in [0.1, 0.15) is 18.5 Å². The molecule has 2 rings (SSSR count). The van der Waals surface area contributed by atoms with Gasteiger partial charge in [0.05, 0.1) is 6.10 Å². The molecule has 0 spiro atoms. The van der Waals surface area contributed by atoms with Crippen LogP contribution >= 0.6 is 0 Å². The van der Waals surface area contributed by atoms with E-state index in [0.717, 1.165) is 0 Å². The highest BCUT2D eigenvalue weighted by atomic mass is 19.1. The maximum absolute atomic E-state index is 13.4. The molecule has 0 aliphatic rings. The third-order valence-electron chi connectivity index (χ3n) is 3.04. The number of benzene rings is 1. The zero-order valence-electron chi connectivity index (χ0n) is 11.9. The molecule has 1 aromatic carbocycles. The number of aryl methyl sites for hydroxylation is 1. The first kappa shape index (κ1) is 15.9. The molecule has 3 N–H and O–H groups in total. The molecule has 2 aromatic rings. The summed E-state index contributed by atoms with van der Waals surface area (Å²) in [6, 6.07) is 5.52. The van der Waals surface area contributed by atoms with E-state index < -0.39 is 18.0 Å². The lowest BCUT2D eigenvalue weighted by atomic mass is 10.1. The predicted octanol–water partition coefficient (Wildman–Crippen LogP) is 0.840. The second kappa shape index (κ2) is 8.08. The first-order valence-electron chi connectivity index (χ1n) is 6.93. The number of hydrogen-bond donors (Lipinski definition) is 3. The number of nitrogens with zero attached hydrogens (tertiary/aromatic N) is 3. The molecule has 0 radical (unpaired) electrons. The standard InChI is InChI=1S/C14H18FN5O2/c15-12-5-2-1-4-11(12)13(21)8-18-14(22)17-6-3-7-20-10-16-9-19-20/h1-2,4-5,9-10,13,21H,3,6-8H2,(H2,17,18,22)/t13-/m0/s1. The molecule has 0 saturated heterocycles. The van der Waals surface area contributed by atoms with Crippen LogP contribution in [0.1, 0.15) is 18.1 Å². The van der Waals surface area contributed by atoms with Crippen LogP contribution in [0, 0.1) is 5.82 Å². The Morgan fingerprint density at radius 2 is 2.18 bits per heavy atom. The van der Waals surface area contributed by atoms with Crippen LogP contribution in [0.5, 0.6) is 0 Å². The monoisotopic (exact) mass is 307 g/mol. The van der Waals surface area contributed by atoms with Gasteiger partial charge in [-0.2, -0.15) is 5.10 Å². The topological polar surface area (TPSA) is 92.1 Å². The summed E-state index contributed by atoms with van der Waals surface area (Å²) in [5.74, 6) is -0.495. The molecule has 1 atom stereocenters. The Labute approximate surface area is 127 Å². The summed E-state index contributed by atoms with van der Waals surface area (Å²) in [7, 11) is 0. The van der Waals surface area contributed by atoms with Crippen molar-refractivity contribution >= 4 is 6.03 Å². The van der Waals surface area contributed by atoms with Gasteiger partial charge in [-0.05, 0) is 12.5 Å². The summed E-state index contributed by atoms with van der Waals surface area (Å²) in [4.78, 5) is 15.4. The highest BCUT2D eigenvalue weighted by Crippen LogP contribution is 2.15. The summed E-state index contributed by atoms with van der Waals surface area (Å²) in [6.07, 6.45) is 2.67. The van der Waals surface area contributed by atoms with Crippen LogP contribution in [0.25, 0.3) is 0 Å². The van der Waals surface area contributed by atoms with Gasteiger partial charge in [0.25, 0.3) is 0 Å². The first-order valence-corrected chi connectivity index (χ1v) is 6.93. The Bertz CT molecular complexity index is 591. The van der Waals surface area contributed by atoms with Crippen molar-refractivity contribution in [3.05, 3.63) is 48.3 Å². The van der Waals surface area contributed by atoms with Crippen molar-refractivity contribution in [3.63, 3.8) is 0 Å². The Balaban J connectivity index is 1.64. The van der Waals surface area contributed by atoms with Crippen LogP contribution in [-0.4, -0.2) is 39.0 Å². The molecule has 0 unspecified atom stereocenters. The zero-order chi connectivity index (χ0) is 15.8. The number of hydrogen-bond acceptors (Lipinski definition) is 4. The van der Waals surface area contributed by atoms with Crippen LogP contribution in [-0.2, 0) is 6.54 Å². The van der Waals surface area contributed by atoms with Gasteiger partial charge >= 0.3 is 6.03 Å². The van der Waals surface area contributed by atoms with Crippen LogP contribution in [0.2, 0.25) is 0 Å². The predicted molar refractivity (Wildman–Crippen MR) is 77.4 cm³/mol. The number of nitrogens with one attached hydrogen (secondary N) is 2. The minimum atomic E-state index is -1.08. The van der Waals surface area contributed by atoms with E-state index in [1.165, 1.54) is 18.5 Å². The minimum absolute atomic E-state index is 0.0597. The van der Waals surface area contributed by atoms with E-state index in [4.69, 9.17) is 0 Å². The van der Waals surface area contributed by atoms with Crippen LogP contribution in [0.3, 0.4) is 0 Å². The van der Waals surface area contributed by atoms with Crippen molar-refractivity contribution < 1.29 is 14.3 Å². The summed E-state index contributed by atoms with van der Waals surface area (Å²) < 4.78 is 15.1. The van der Waals surface area contributed by atoms with E-state index in [9.17, 15) is 14.3 Å². The van der Waals surface area contributed by atoms with Crippen LogP contribution in [0.15, 0.2) is 36.9 Å². The van der Waals surface area contributed by atoms with E-state index in [1.807, 2.05) is 0 Å². The number of aromatic nitrogens is 3. The summed E-state index contributed by atoms with van der Waals surface area (Å²) in [5, 5.41) is 18.9. The lowest BCUT2D eigenvalue weighted by molar-refractivity contribution is 0.169. The minimum Gasteiger partial charge on any atom is -0.386 e. The Hall–Kier alpha value is -2.48. The fourth-order valence-corrected chi connectivity index (χ4v) is 1.90. The SMILES string of the molecule is O=C(NCCCn1cncn1)NC[C@H](O)c1ccccc1F. The van der Waals surface area contributed by atoms with Gasteiger partial charge in [-0.1, -0.05) is 18.2 Å². The third kappa shape index (κ3) is 4.81. The van der Waals surface area contributed by atoms with E-state index in [1.54, 1.807) is 23.1 Å². The van der Waals surface area contributed by atoms with Gasteiger partial charge in [0.15, 0.2) is 0 Å². The van der Waals surface area contributed by atoms with Gasteiger partial charge in [0.2, 0.25) is 0 Å². The quantitative estimate of drug-likeness (QED) is 0.661. The number of aliphatic hydroxyl groups excluding tert-OH is 1. The fraction of sp³-hybridized carbons (Fsp3) is 0.357. The highest BCUT2D eigenvalue weighted by molar-refractivity contribution is 5.73. The smallest absolute Gasteiger partial charge is 0.314 e. The van der Waals surface area contributed by atoms with Crippen LogP contribution in [0.4, 0.5) is 9.18 Å². The van der Waals surface area contributed by atoms with Crippen molar-refractivity contribution in [1.29, 1.82) is 0 Å². The van der Waals surface area contributed by atoms with Crippen molar-refractivity contribution in [2.75, 3.05) is 13.1 Å². The van der Waals surface area contributed by atoms with Crippen LogP contribution < -0.4 is 10.6 Å². The van der Waals surface area contributed by atoms with E-state index in [-0.39, 0.29) is 12.1 Å². The van der Waals surface area contributed by atoms with E-state index in [0.29, 0.717) is 19.5 Å². The second-order valence-electron chi connectivity index (χ2n) is 4.69. The van der Waals surface area contributed by atoms with E-state index >= 15 is 0 Å². The van der Waals surface area contributed by atoms with Gasteiger partial charge in [0, 0.05) is 25.2 Å². The summed E-state index contributed by atoms with van der Waals surface area (Å²) in [6.45, 7) is 1.05. The zero-order valence-corrected chi connectivity index (χ0v) is 11.9. The average Bonchev–Trinajstić information content (AvgIpc) is 3.03. The lowest BCUT2D eigenvalue weighted by Crippen LogP contribution is -2.38. The molecule has 1 heterocycles. The van der Waals surface area contributed by atoms with Gasteiger partial charge in [-0.15, -0.1) is 0 Å². The van der Waals surface area contributed by atoms with Gasteiger partial charge in [-0.25, -0.2) is 14.2 Å². The molecule has 22 heavy (non-hydrogen) atoms. The summed E-state index contributed by atoms with van der Waals surface area (Å²) >= 11 is 0. The summed E-state index contributed by atoms with van der Waals surface area (Å²) in [5.41, 5.74) is 0.161. The number of rotatable bonds is 7. The molecule has 0 bridgehead atoms. The molecule has 0 saturated carbocycles. The number of carbonyl (C=O) groups is 1. The fourth-order valence-electron chi connectivity index (χ4n) is 1.90. The molecule has 2 amide bonds. The van der Waals surface area contributed by atoms with Crippen molar-refractivity contribution in [3.8, 4) is 0 Å². The molecule has 7 nitrogen and oxygen atoms in total. The van der Waals surface area contributed by atoms with Crippen molar-refractivity contribution in [1.82, 2.24) is 25.4 Å². The van der Waals surface area contributed by atoms with Crippen molar-refractivity contribution in [2.45, 2.75) is 19.1 Å². The Kier molecular flexibility index (Phi) is 5.84. The third-order valence-corrected chi connectivity index (χ3v) is 3.04. The number of carbonyl (C=O) groups excluding carboxylic acids is 1. The maximum Gasteiger partial charge on any atom is 0.314 e. The average molecular weight is 307 g/mol. The molecule has 118 valence electrons. The maximum atomic E-state index is 13.4. The number of halogens is 1. The lowest BCUT2D eigenvalue weighted by Gasteiger charge is -2.13. The van der Waals surface area contributed by atoms with Gasteiger partial charge in [-0.3, -0.25) is 4.68 Å². The molecular formula is C14H18FN5O2. The molecule has 0 fully saturated rings. The molecule has 8 heteroatoms. The van der Waals surface area contributed by atoms with E-state index in [2.05, 4.69) is 20.7 Å². The van der Waals surface area contributed by atoms with Gasteiger partial charge < -0.3 is 15.7 Å². The molecule has 1 aromatic heterocycles. The van der Waals surface area contributed by atoms with Crippen molar-refractivity contribution in [2.24, 2.45) is 0 Å². The molecule has 0 aliphatic heterocycles. The Morgan fingerprint density at radius 1 is 1.36 bits per heavy atom.